The van der Waals surface area contributed by atoms with Gasteiger partial charge < -0.3 is 20.3 Å². The predicted molar refractivity (Wildman–Crippen MR) is 278 cm³/mol. The lowest BCUT2D eigenvalue weighted by Gasteiger charge is -2.20. The number of hydrogen-bond acceptors (Lipinski definition) is 5. The number of ether oxygens (including phenoxy) is 1. The Bertz CT molecular complexity index is 997. The number of amides is 1. The van der Waals surface area contributed by atoms with Crippen molar-refractivity contribution in [2.75, 3.05) is 13.2 Å². The fraction of sp³-hybridized carbons (Fsp3) is 0.897. The molecule has 2 unspecified atom stereocenters. The van der Waals surface area contributed by atoms with Gasteiger partial charge in [-0.25, -0.2) is 0 Å². The van der Waals surface area contributed by atoms with Crippen molar-refractivity contribution in [2.45, 2.75) is 321 Å². The highest BCUT2D eigenvalue weighted by Gasteiger charge is 2.18. The van der Waals surface area contributed by atoms with E-state index in [2.05, 4.69) is 31.3 Å². The van der Waals surface area contributed by atoms with Crippen molar-refractivity contribution in [1.29, 1.82) is 0 Å². The number of carbonyl (C=O) groups is 2. The number of rotatable bonds is 53. The Morgan fingerprint density at radius 2 is 0.734 bits per heavy atom. The Labute approximate surface area is 399 Å². The molecule has 6 heteroatoms. The molecule has 0 radical (unpaired) electrons. The van der Waals surface area contributed by atoms with Crippen molar-refractivity contribution in [1.82, 2.24) is 5.32 Å². The number of allylic oxidation sites excluding steroid dienone is 3. The Kier molecular flexibility index (Phi) is 52.6. The molecule has 378 valence electrons. The van der Waals surface area contributed by atoms with E-state index in [1.54, 1.807) is 6.08 Å². The first kappa shape index (κ1) is 62.3. The predicted octanol–water partition coefficient (Wildman–Crippen LogP) is 17.5. The Balaban J connectivity index is 3.48. The third kappa shape index (κ3) is 49.8. The molecular formula is C58H111NO5. The molecule has 0 aliphatic heterocycles. The van der Waals surface area contributed by atoms with E-state index >= 15 is 0 Å². The molecule has 0 bridgehead atoms. The maximum absolute atomic E-state index is 12.5. The maximum atomic E-state index is 12.5. The number of hydrogen-bond donors (Lipinski definition) is 3. The second kappa shape index (κ2) is 54.0. The van der Waals surface area contributed by atoms with Gasteiger partial charge in [0.25, 0.3) is 0 Å². The molecule has 0 aromatic carbocycles. The van der Waals surface area contributed by atoms with Crippen molar-refractivity contribution in [3.63, 3.8) is 0 Å². The molecule has 3 N–H and O–H groups in total. The molecule has 0 spiro atoms. The van der Waals surface area contributed by atoms with E-state index in [1.807, 2.05) is 6.08 Å². The Morgan fingerprint density at radius 3 is 1.11 bits per heavy atom. The molecule has 0 aliphatic carbocycles. The van der Waals surface area contributed by atoms with E-state index in [-0.39, 0.29) is 18.5 Å². The van der Waals surface area contributed by atoms with Gasteiger partial charge in [-0.15, -0.1) is 0 Å². The molecule has 2 atom stereocenters. The number of esters is 1. The average molecular weight is 903 g/mol. The topological polar surface area (TPSA) is 95.9 Å². The van der Waals surface area contributed by atoms with Gasteiger partial charge in [0.15, 0.2) is 0 Å². The summed E-state index contributed by atoms with van der Waals surface area (Å²) in [7, 11) is 0. The molecule has 0 aliphatic rings. The van der Waals surface area contributed by atoms with E-state index in [4.69, 9.17) is 4.74 Å². The zero-order valence-electron chi connectivity index (χ0n) is 43.0. The van der Waals surface area contributed by atoms with Gasteiger partial charge in [-0.1, -0.05) is 263 Å². The van der Waals surface area contributed by atoms with Crippen molar-refractivity contribution in [3.8, 4) is 0 Å². The Hall–Kier alpha value is -1.66. The van der Waals surface area contributed by atoms with Crippen LogP contribution in [0.25, 0.3) is 0 Å². The van der Waals surface area contributed by atoms with Crippen LogP contribution in [0.15, 0.2) is 24.3 Å². The van der Waals surface area contributed by atoms with Crippen molar-refractivity contribution >= 4 is 11.9 Å². The fourth-order valence-electron chi connectivity index (χ4n) is 8.81. The average Bonchev–Trinajstić information content (AvgIpc) is 3.29. The number of aliphatic hydroxyl groups is 2. The van der Waals surface area contributed by atoms with Crippen LogP contribution in [0.1, 0.15) is 309 Å². The van der Waals surface area contributed by atoms with Gasteiger partial charge in [-0.05, 0) is 57.8 Å². The summed E-state index contributed by atoms with van der Waals surface area (Å²) >= 11 is 0. The molecule has 0 saturated carbocycles. The highest BCUT2D eigenvalue weighted by molar-refractivity contribution is 5.76. The molecule has 64 heavy (non-hydrogen) atoms. The van der Waals surface area contributed by atoms with Crippen LogP contribution in [0.5, 0.6) is 0 Å². The summed E-state index contributed by atoms with van der Waals surface area (Å²) in [6.45, 7) is 4.88. The van der Waals surface area contributed by atoms with Gasteiger partial charge in [0.2, 0.25) is 5.91 Å². The zero-order valence-corrected chi connectivity index (χ0v) is 43.0. The minimum atomic E-state index is -0.855. The fourth-order valence-corrected chi connectivity index (χ4v) is 8.81. The maximum Gasteiger partial charge on any atom is 0.305 e. The quantitative estimate of drug-likeness (QED) is 0.0321. The van der Waals surface area contributed by atoms with E-state index in [9.17, 15) is 19.8 Å². The number of unbranched alkanes of at least 4 members (excludes halogenated alkanes) is 40. The molecule has 6 nitrogen and oxygen atoms in total. The second-order valence-corrected chi connectivity index (χ2v) is 19.6. The minimum absolute atomic E-state index is 0.0137. The van der Waals surface area contributed by atoms with E-state index in [0.29, 0.717) is 19.4 Å². The largest absolute Gasteiger partial charge is 0.466 e. The van der Waals surface area contributed by atoms with Gasteiger partial charge in [-0.2, -0.15) is 0 Å². The molecular weight excluding hydrogens is 791 g/mol. The van der Waals surface area contributed by atoms with Crippen LogP contribution in [-0.2, 0) is 14.3 Å². The first-order valence-electron chi connectivity index (χ1n) is 28.6. The molecule has 0 aromatic rings. The highest BCUT2D eigenvalue weighted by Crippen LogP contribution is 2.17. The molecule has 0 saturated heterocycles. The lowest BCUT2D eigenvalue weighted by molar-refractivity contribution is -0.143. The van der Waals surface area contributed by atoms with E-state index in [0.717, 1.165) is 57.8 Å². The van der Waals surface area contributed by atoms with Crippen LogP contribution in [0.4, 0.5) is 0 Å². The van der Waals surface area contributed by atoms with Gasteiger partial charge in [0, 0.05) is 12.8 Å². The van der Waals surface area contributed by atoms with Crippen LogP contribution >= 0.6 is 0 Å². The molecule has 0 heterocycles. The van der Waals surface area contributed by atoms with Gasteiger partial charge >= 0.3 is 5.97 Å². The van der Waals surface area contributed by atoms with Crippen LogP contribution in [0, 0.1) is 0 Å². The Morgan fingerprint density at radius 1 is 0.422 bits per heavy atom. The summed E-state index contributed by atoms with van der Waals surface area (Å²) in [5.74, 6) is -0.0954. The standard InChI is InChI=1S/C58H111NO5/c1-3-5-7-9-11-13-15-17-19-21-23-24-26-30-34-38-42-46-50-56(61)55(54-60)59-57(62)51-47-43-39-35-31-28-29-33-37-41-45-49-53-64-58(63)52-48-44-40-36-32-27-25-22-20-18-16-14-12-10-8-6-4-2/h18,20,46,50,55-56,60-61H,3-17,19,21-45,47-49,51-54H2,1-2H3,(H,59,62)/b20-18-,50-46+. The lowest BCUT2D eigenvalue weighted by atomic mass is 10.0. The van der Waals surface area contributed by atoms with Crippen LogP contribution < -0.4 is 5.32 Å². The van der Waals surface area contributed by atoms with Crippen LogP contribution in [0.3, 0.4) is 0 Å². The molecule has 0 fully saturated rings. The summed E-state index contributed by atoms with van der Waals surface area (Å²) in [5, 5.41) is 23.1. The number of aliphatic hydroxyl groups excluding tert-OH is 2. The summed E-state index contributed by atoms with van der Waals surface area (Å²) in [6.07, 6.45) is 64.7. The van der Waals surface area contributed by atoms with Gasteiger partial charge in [-0.3, -0.25) is 9.59 Å². The second-order valence-electron chi connectivity index (χ2n) is 19.6. The summed E-state index contributed by atoms with van der Waals surface area (Å²) in [5.41, 5.74) is 0. The molecule has 1 amide bonds. The van der Waals surface area contributed by atoms with E-state index < -0.39 is 12.1 Å². The third-order valence-corrected chi connectivity index (χ3v) is 13.2. The monoisotopic (exact) mass is 902 g/mol. The lowest BCUT2D eigenvalue weighted by Crippen LogP contribution is -2.45. The number of nitrogens with one attached hydrogen (secondary N) is 1. The molecule has 0 rings (SSSR count). The third-order valence-electron chi connectivity index (χ3n) is 13.2. The van der Waals surface area contributed by atoms with Crippen molar-refractivity contribution in [2.24, 2.45) is 0 Å². The smallest absolute Gasteiger partial charge is 0.305 e. The summed E-state index contributed by atoms with van der Waals surface area (Å²) in [6, 6.07) is -0.640. The zero-order chi connectivity index (χ0) is 46.5. The summed E-state index contributed by atoms with van der Waals surface area (Å²) < 4.78 is 5.47. The minimum Gasteiger partial charge on any atom is -0.466 e. The van der Waals surface area contributed by atoms with Crippen LogP contribution in [-0.4, -0.2) is 47.4 Å². The first-order valence-corrected chi connectivity index (χ1v) is 28.6. The van der Waals surface area contributed by atoms with Crippen LogP contribution in [0.2, 0.25) is 0 Å². The first-order chi connectivity index (χ1) is 31.5. The van der Waals surface area contributed by atoms with Crippen molar-refractivity contribution < 1.29 is 24.5 Å². The highest BCUT2D eigenvalue weighted by atomic mass is 16.5. The van der Waals surface area contributed by atoms with E-state index in [1.165, 1.54) is 225 Å². The van der Waals surface area contributed by atoms with Gasteiger partial charge in [0.1, 0.15) is 0 Å². The van der Waals surface area contributed by atoms with Crippen molar-refractivity contribution in [3.05, 3.63) is 24.3 Å². The summed E-state index contributed by atoms with van der Waals surface area (Å²) in [4.78, 5) is 24.5. The SMILES string of the molecule is CCCCCCCC/C=C\CCCCCCCCCC(=O)OCCCCCCCCCCCCCCC(=O)NC(CO)C(O)/C=C/CCCCCCCCCCCCCCCCCC. The normalized spacial score (nSPS) is 12.8. The van der Waals surface area contributed by atoms with Gasteiger partial charge in [0.05, 0.1) is 25.4 Å². The number of carbonyl (C=O) groups excluding carboxylic acids is 2. The molecule has 0 aromatic heterocycles.